The maximum Gasteiger partial charge on any atom is 0.328 e. The quantitative estimate of drug-likeness (QED) is 0.152. The van der Waals surface area contributed by atoms with Gasteiger partial charge in [-0.3, -0.25) is 0 Å². The van der Waals surface area contributed by atoms with E-state index in [4.69, 9.17) is 11.6 Å². The van der Waals surface area contributed by atoms with Gasteiger partial charge in [-0.2, -0.15) is 0 Å². The standard InChI is InChI=1S/C29H51ClN2O3S/c1-4-6-7-8-9-10-11-12-13-14-15-16-17-18-19-20-21-26-25(3)28(23-22-27(26)30)36(34,35)32-29(33)31-24-5-2/h22-23H,4-21,24H2,1-3H3,(H2,31,32,33). The lowest BCUT2D eigenvalue weighted by atomic mass is 10.0. The molecule has 0 atom stereocenters. The third kappa shape index (κ3) is 13.9. The Morgan fingerprint density at radius 3 is 1.69 bits per heavy atom. The zero-order valence-corrected chi connectivity index (χ0v) is 24.7. The number of nitrogens with one attached hydrogen (secondary N) is 2. The van der Waals surface area contributed by atoms with Crippen LogP contribution < -0.4 is 10.0 Å². The van der Waals surface area contributed by atoms with Crippen LogP contribution in [0.25, 0.3) is 0 Å². The van der Waals surface area contributed by atoms with Gasteiger partial charge in [-0.25, -0.2) is 17.9 Å². The van der Waals surface area contributed by atoms with E-state index in [2.05, 4.69) is 17.0 Å². The van der Waals surface area contributed by atoms with Gasteiger partial charge in [-0.1, -0.05) is 122 Å². The Balaban J connectivity index is 2.25. The van der Waals surface area contributed by atoms with Gasteiger partial charge in [-0.15, -0.1) is 0 Å². The van der Waals surface area contributed by atoms with Crippen LogP contribution in [0.3, 0.4) is 0 Å². The molecule has 0 heterocycles. The van der Waals surface area contributed by atoms with Gasteiger partial charge in [0.25, 0.3) is 10.0 Å². The molecule has 2 amide bonds. The van der Waals surface area contributed by atoms with Crippen LogP contribution in [0.15, 0.2) is 17.0 Å². The SMILES string of the molecule is CCCCCCCCCCCCCCCCCCc1c(Cl)ccc(S(=O)(=O)NC(=O)NCCC)c1C. The second-order valence-electron chi connectivity index (χ2n) is 10.1. The first-order valence-corrected chi connectivity index (χ1v) is 16.3. The zero-order valence-electron chi connectivity index (χ0n) is 23.1. The molecule has 0 bridgehead atoms. The van der Waals surface area contributed by atoms with E-state index >= 15 is 0 Å². The largest absolute Gasteiger partial charge is 0.337 e. The minimum absolute atomic E-state index is 0.116. The fourth-order valence-corrected chi connectivity index (χ4v) is 6.10. The molecular formula is C29H51ClN2O3S. The highest BCUT2D eigenvalue weighted by atomic mass is 35.5. The van der Waals surface area contributed by atoms with Gasteiger partial charge in [0.15, 0.2) is 0 Å². The first-order valence-electron chi connectivity index (χ1n) is 14.4. The maximum absolute atomic E-state index is 12.7. The number of rotatable bonds is 21. The van der Waals surface area contributed by atoms with Crippen molar-refractivity contribution in [1.29, 1.82) is 0 Å². The lowest BCUT2D eigenvalue weighted by Crippen LogP contribution is -2.39. The summed E-state index contributed by atoms with van der Waals surface area (Å²) in [5, 5.41) is 3.12. The summed E-state index contributed by atoms with van der Waals surface area (Å²) >= 11 is 6.40. The monoisotopic (exact) mass is 542 g/mol. The Hall–Kier alpha value is -1.27. The highest BCUT2D eigenvalue weighted by molar-refractivity contribution is 7.90. The molecule has 7 heteroatoms. The van der Waals surface area contributed by atoms with Crippen LogP contribution in [0.1, 0.15) is 134 Å². The molecule has 0 saturated carbocycles. The molecule has 0 fully saturated rings. The molecule has 2 N–H and O–H groups in total. The van der Waals surface area contributed by atoms with Crippen molar-refractivity contribution >= 4 is 27.7 Å². The summed E-state index contributed by atoms with van der Waals surface area (Å²) in [6, 6.07) is 2.39. The van der Waals surface area contributed by atoms with E-state index in [1.165, 1.54) is 96.0 Å². The van der Waals surface area contributed by atoms with E-state index in [0.29, 0.717) is 17.1 Å². The first-order chi connectivity index (χ1) is 17.3. The van der Waals surface area contributed by atoms with Gasteiger partial charge >= 0.3 is 6.03 Å². The number of sulfonamides is 1. The van der Waals surface area contributed by atoms with Crippen molar-refractivity contribution in [2.24, 2.45) is 0 Å². The Bertz CT molecular complexity index is 843. The second-order valence-corrected chi connectivity index (χ2v) is 12.1. The summed E-state index contributed by atoms with van der Waals surface area (Å²) in [6.45, 7) is 6.37. The van der Waals surface area contributed by atoms with Crippen molar-refractivity contribution in [3.05, 3.63) is 28.3 Å². The van der Waals surface area contributed by atoms with Gasteiger partial charge < -0.3 is 5.32 Å². The number of halogens is 1. The molecule has 0 aliphatic carbocycles. The van der Waals surface area contributed by atoms with Crippen LogP contribution in [0, 0.1) is 6.92 Å². The number of amides is 2. The van der Waals surface area contributed by atoms with E-state index in [1.807, 2.05) is 6.92 Å². The summed E-state index contributed by atoms with van der Waals surface area (Å²) in [6.07, 6.45) is 22.6. The molecule has 0 aliphatic rings. The molecule has 208 valence electrons. The van der Waals surface area contributed by atoms with Crippen molar-refractivity contribution in [3.63, 3.8) is 0 Å². The zero-order chi connectivity index (χ0) is 26.7. The molecule has 5 nitrogen and oxygen atoms in total. The molecule has 0 radical (unpaired) electrons. The van der Waals surface area contributed by atoms with Gasteiger partial charge in [0.05, 0.1) is 4.90 Å². The van der Waals surface area contributed by atoms with E-state index in [0.717, 1.165) is 31.2 Å². The Morgan fingerprint density at radius 2 is 1.22 bits per heavy atom. The van der Waals surface area contributed by atoms with Crippen molar-refractivity contribution in [3.8, 4) is 0 Å². The number of urea groups is 1. The smallest absolute Gasteiger partial charge is 0.328 e. The number of hydrogen-bond donors (Lipinski definition) is 2. The van der Waals surface area contributed by atoms with Gasteiger partial charge in [0.1, 0.15) is 0 Å². The van der Waals surface area contributed by atoms with Crippen LogP contribution >= 0.6 is 11.6 Å². The van der Waals surface area contributed by atoms with Crippen LogP contribution in [-0.2, 0) is 16.4 Å². The molecule has 36 heavy (non-hydrogen) atoms. The summed E-state index contributed by atoms with van der Waals surface area (Å²) in [5.74, 6) is 0. The lowest BCUT2D eigenvalue weighted by molar-refractivity contribution is 0.246. The van der Waals surface area contributed by atoms with E-state index in [9.17, 15) is 13.2 Å². The molecule has 0 unspecified atom stereocenters. The fourth-order valence-electron chi connectivity index (χ4n) is 4.60. The maximum atomic E-state index is 12.7. The molecule has 0 spiro atoms. The summed E-state index contributed by atoms with van der Waals surface area (Å²) in [4.78, 5) is 12.0. The Kier molecular flexibility index (Phi) is 18.0. The number of unbranched alkanes of at least 4 members (excludes halogenated alkanes) is 15. The van der Waals surface area contributed by atoms with Gasteiger partial charge in [-0.05, 0) is 49.4 Å². The minimum Gasteiger partial charge on any atom is -0.337 e. The van der Waals surface area contributed by atoms with Crippen molar-refractivity contribution in [2.45, 2.75) is 141 Å². The number of carbonyl (C=O) groups is 1. The third-order valence-electron chi connectivity index (χ3n) is 6.82. The summed E-state index contributed by atoms with van der Waals surface area (Å²) in [7, 11) is -3.94. The van der Waals surface area contributed by atoms with Gasteiger partial charge in [0, 0.05) is 11.6 Å². The number of hydrogen-bond acceptors (Lipinski definition) is 3. The summed E-state index contributed by atoms with van der Waals surface area (Å²) in [5.41, 5.74) is 1.48. The van der Waals surface area contributed by atoms with Gasteiger partial charge in [0.2, 0.25) is 0 Å². The lowest BCUT2D eigenvalue weighted by Gasteiger charge is -2.15. The third-order valence-corrected chi connectivity index (χ3v) is 8.65. The van der Waals surface area contributed by atoms with Crippen LogP contribution in [-0.4, -0.2) is 21.0 Å². The summed E-state index contributed by atoms with van der Waals surface area (Å²) < 4.78 is 27.5. The predicted octanol–water partition coefficient (Wildman–Crippen LogP) is 8.85. The normalized spacial score (nSPS) is 11.6. The topological polar surface area (TPSA) is 75.3 Å². The predicted molar refractivity (Wildman–Crippen MR) is 153 cm³/mol. The molecular weight excluding hydrogens is 492 g/mol. The second kappa shape index (κ2) is 19.8. The average Bonchev–Trinajstić information content (AvgIpc) is 2.83. The van der Waals surface area contributed by atoms with E-state index in [-0.39, 0.29) is 4.90 Å². The molecule has 0 aromatic heterocycles. The Morgan fingerprint density at radius 1 is 0.750 bits per heavy atom. The number of benzene rings is 1. The fraction of sp³-hybridized carbons (Fsp3) is 0.759. The van der Waals surface area contributed by atoms with Crippen molar-refractivity contribution in [1.82, 2.24) is 10.0 Å². The average molecular weight is 543 g/mol. The molecule has 1 rings (SSSR count). The molecule has 1 aromatic rings. The van der Waals surface area contributed by atoms with E-state index in [1.54, 1.807) is 13.0 Å². The van der Waals surface area contributed by atoms with Crippen molar-refractivity contribution in [2.75, 3.05) is 6.54 Å². The minimum atomic E-state index is -3.94. The number of carbonyl (C=O) groups excluding carboxylic acids is 1. The highest BCUT2D eigenvalue weighted by Crippen LogP contribution is 2.28. The molecule has 0 saturated heterocycles. The highest BCUT2D eigenvalue weighted by Gasteiger charge is 2.22. The molecule has 1 aromatic carbocycles. The molecule has 0 aliphatic heterocycles. The Labute approximate surface area is 226 Å². The van der Waals surface area contributed by atoms with Crippen LogP contribution in [0.2, 0.25) is 5.02 Å². The van der Waals surface area contributed by atoms with Crippen LogP contribution in [0.4, 0.5) is 4.79 Å². The first kappa shape index (κ1) is 32.8. The van der Waals surface area contributed by atoms with Crippen molar-refractivity contribution < 1.29 is 13.2 Å². The van der Waals surface area contributed by atoms with E-state index < -0.39 is 16.1 Å². The van der Waals surface area contributed by atoms with Crippen LogP contribution in [0.5, 0.6) is 0 Å².